The molecule has 0 unspecified atom stereocenters. The van der Waals surface area contributed by atoms with E-state index in [4.69, 9.17) is 5.11 Å². The number of ether oxygens (including phenoxy) is 1. The second-order valence-electron chi connectivity index (χ2n) is 3.28. The molecular formula is C11H9F3O4. The average molecular weight is 262 g/mol. The van der Waals surface area contributed by atoms with Crippen LogP contribution in [0.2, 0.25) is 0 Å². The fraction of sp³-hybridized carbons (Fsp3) is 0.273. The third kappa shape index (κ3) is 2.99. The van der Waals surface area contributed by atoms with Crippen molar-refractivity contribution in [2.24, 2.45) is 0 Å². The van der Waals surface area contributed by atoms with E-state index < -0.39 is 34.8 Å². The van der Waals surface area contributed by atoms with Crippen molar-refractivity contribution >= 4 is 11.8 Å². The largest absolute Gasteiger partial charge is 0.507 e. The average Bonchev–Trinajstić information content (AvgIpc) is 2.27. The molecule has 0 aliphatic carbocycles. The van der Waals surface area contributed by atoms with Crippen molar-refractivity contribution in [3.05, 3.63) is 29.3 Å². The van der Waals surface area contributed by atoms with Crippen LogP contribution in [0.1, 0.15) is 22.8 Å². The Morgan fingerprint density at radius 1 is 1.33 bits per heavy atom. The molecule has 1 N–H and O–H groups in total. The summed E-state index contributed by atoms with van der Waals surface area (Å²) in [4.78, 5) is 22.5. The highest BCUT2D eigenvalue weighted by Gasteiger charge is 2.35. The summed E-state index contributed by atoms with van der Waals surface area (Å²) < 4.78 is 41.7. The van der Waals surface area contributed by atoms with Gasteiger partial charge in [-0.25, -0.2) is 4.79 Å². The maximum atomic E-state index is 12.5. The molecule has 98 valence electrons. The van der Waals surface area contributed by atoms with Gasteiger partial charge in [-0.2, -0.15) is 13.2 Å². The van der Waals surface area contributed by atoms with Crippen LogP contribution >= 0.6 is 0 Å². The second-order valence-corrected chi connectivity index (χ2v) is 3.28. The van der Waals surface area contributed by atoms with E-state index in [9.17, 15) is 22.8 Å². The molecule has 1 aromatic rings. The molecule has 1 aromatic carbocycles. The number of aromatic hydroxyl groups is 1. The molecule has 0 bridgehead atoms. The number of phenols is 1. The predicted octanol–water partition coefficient (Wildman–Crippen LogP) is 2.16. The van der Waals surface area contributed by atoms with E-state index in [1.807, 2.05) is 0 Å². The van der Waals surface area contributed by atoms with Gasteiger partial charge in [0, 0.05) is 5.56 Å². The molecule has 0 fully saturated rings. The van der Waals surface area contributed by atoms with Gasteiger partial charge in [0.25, 0.3) is 5.78 Å². The summed E-state index contributed by atoms with van der Waals surface area (Å²) in [5, 5.41) is 9.05. The van der Waals surface area contributed by atoms with Crippen LogP contribution in [0, 0.1) is 0 Å². The highest BCUT2D eigenvalue weighted by molar-refractivity contribution is 6.40. The molecule has 0 heterocycles. The highest BCUT2D eigenvalue weighted by Crippen LogP contribution is 2.36. The van der Waals surface area contributed by atoms with E-state index in [1.54, 1.807) is 0 Å². The summed E-state index contributed by atoms with van der Waals surface area (Å²) in [6.07, 6.45) is -4.81. The highest BCUT2D eigenvalue weighted by atomic mass is 19.4. The first-order chi connectivity index (χ1) is 8.27. The van der Waals surface area contributed by atoms with Crippen LogP contribution in [0.25, 0.3) is 0 Å². The fourth-order valence-electron chi connectivity index (χ4n) is 1.22. The van der Waals surface area contributed by atoms with Crippen LogP contribution in [0.5, 0.6) is 5.75 Å². The van der Waals surface area contributed by atoms with Crippen molar-refractivity contribution in [2.75, 3.05) is 6.61 Å². The Balaban J connectivity index is 3.13. The van der Waals surface area contributed by atoms with Crippen LogP contribution in [0.15, 0.2) is 18.2 Å². The lowest BCUT2D eigenvalue weighted by molar-refractivity contribution is -0.139. The number of hydrogen-bond donors (Lipinski definition) is 1. The molecular weight excluding hydrogens is 253 g/mol. The van der Waals surface area contributed by atoms with Crippen molar-refractivity contribution in [2.45, 2.75) is 13.1 Å². The minimum atomic E-state index is -4.81. The number of phenolic OH excluding ortho intramolecular Hbond substituents is 1. The molecule has 4 nitrogen and oxygen atoms in total. The van der Waals surface area contributed by atoms with Crippen molar-refractivity contribution in [3.8, 4) is 5.75 Å². The Kier molecular flexibility index (Phi) is 3.95. The van der Waals surface area contributed by atoms with E-state index in [0.29, 0.717) is 12.1 Å². The SMILES string of the molecule is CCOC(=O)C(=O)c1ccc(O)c(C(F)(F)F)c1. The van der Waals surface area contributed by atoms with Gasteiger partial charge >= 0.3 is 12.1 Å². The number of benzene rings is 1. The first-order valence-electron chi connectivity index (χ1n) is 4.89. The lowest BCUT2D eigenvalue weighted by Gasteiger charge is -2.10. The molecule has 0 spiro atoms. The van der Waals surface area contributed by atoms with E-state index in [2.05, 4.69) is 4.74 Å². The Hall–Kier alpha value is -2.05. The Bertz CT molecular complexity index is 480. The quantitative estimate of drug-likeness (QED) is 0.515. The van der Waals surface area contributed by atoms with Gasteiger partial charge in [-0.3, -0.25) is 4.79 Å². The minimum Gasteiger partial charge on any atom is -0.507 e. The van der Waals surface area contributed by atoms with E-state index in [0.717, 1.165) is 6.07 Å². The summed E-state index contributed by atoms with van der Waals surface area (Å²) in [5.74, 6) is -3.44. The number of rotatable bonds is 3. The summed E-state index contributed by atoms with van der Waals surface area (Å²) >= 11 is 0. The number of carbonyl (C=O) groups is 2. The minimum absolute atomic E-state index is 0.0607. The van der Waals surface area contributed by atoms with Crippen molar-refractivity contribution < 1.29 is 32.6 Å². The normalized spacial score (nSPS) is 11.1. The smallest absolute Gasteiger partial charge is 0.419 e. The lowest BCUT2D eigenvalue weighted by Crippen LogP contribution is -2.18. The number of ketones is 1. The van der Waals surface area contributed by atoms with Gasteiger partial charge in [-0.15, -0.1) is 0 Å². The van der Waals surface area contributed by atoms with Crippen LogP contribution < -0.4 is 0 Å². The van der Waals surface area contributed by atoms with Gasteiger partial charge in [0.2, 0.25) is 0 Å². The maximum Gasteiger partial charge on any atom is 0.419 e. The first-order valence-corrected chi connectivity index (χ1v) is 4.89. The number of Topliss-reactive ketones (excluding diaryl/α,β-unsaturated/α-hetero) is 1. The zero-order valence-corrected chi connectivity index (χ0v) is 9.25. The van der Waals surface area contributed by atoms with Crippen LogP contribution in [-0.2, 0) is 15.7 Å². The predicted molar refractivity (Wildman–Crippen MR) is 54.1 cm³/mol. The number of carbonyl (C=O) groups excluding carboxylic acids is 2. The number of alkyl halides is 3. The topological polar surface area (TPSA) is 63.6 Å². The van der Waals surface area contributed by atoms with Crippen molar-refractivity contribution in [1.82, 2.24) is 0 Å². The molecule has 1 rings (SSSR count). The van der Waals surface area contributed by atoms with Gasteiger partial charge in [0.1, 0.15) is 5.75 Å². The molecule has 0 saturated carbocycles. The van der Waals surface area contributed by atoms with Crippen LogP contribution in [0.4, 0.5) is 13.2 Å². The van der Waals surface area contributed by atoms with Crippen LogP contribution in [-0.4, -0.2) is 23.5 Å². The molecule has 0 amide bonds. The molecule has 0 aliphatic rings. The van der Waals surface area contributed by atoms with Crippen LogP contribution in [0.3, 0.4) is 0 Å². The molecule has 0 radical (unpaired) electrons. The third-order valence-corrected chi connectivity index (χ3v) is 2.02. The van der Waals surface area contributed by atoms with Crippen molar-refractivity contribution in [3.63, 3.8) is 0 Å². The number of hydrogen-bond acceptors (Lipinski definition) is 4. The Morgan fingerprint density at radius 2 is 1.94 bits per heavy atom. The van der Waals surface area contributed by atoms with Gasteiger partial charge < -0.3 is 9.84 Å². The number of esters is 1. The summed E-state index contributed by atoms with van der Waals surface area (Å²) in [6.45, 7) is 1.40. The van der Waals surface area contributed by atoms with Gasteiger partial charge in [0.15, 0.2) is 0 Å². The molecule has 0 saturated heterocycles. The van der Waals surface area contributed by atoms with E-state index in [-0.39, 0.29) is 6.61 Å². The molecule has 0 aromatic heterocycles. The fourth-order valence-corrected chi connectivity index (χ4v) is 1.22. The number of halogens is 3. The summed E-state index contributed by atoms with van der Waals surface area (Å²) in [7, 11) is 0. The molecule has 18 heavy (non-hydrogen) atoms. The van der Waals surface area contributed by atoms with Gasteiger partial charge in [-0.05, 0) is 25.1 Å². The summed E-state index contributed by atoms with van der Waals surface area (Å²) in [5.41, 5.74) is -1.86. The zero-order chi connectivity index (χ0) is 13.9. The standard InChI is InChI=1S/C11H9F3O4/c1-2-18-10(17)9(16)6-3-4-8(15)7(5-6)11(12,13)14/h3-5,15H,2H2,1H3. The third-order valence-electron chi connectivity index (χ3n) is 2.02. The van der Waals surface area contributed by atoms with Crippen molar-refractivity contribution in [1.29, 1.82) is 0 Å². The summed E-state index contributed by atoms with van der Waals surface area (Å²) in [6, 6.07) is 2.04. The van der Waals surface area contributed by atoms with Gasteiger partial charge in [0.05, 0.1) is 12.2 Å². The molecule has 0 atom stereocenters. The Morgan fingerprint density at radius 3 is 2.44 bits per heavy atom. The Labute approximate surface area is 100.0 Å². The maximum absolute atomic E-state index is 12.5. The molecule has 7 heteroatoms. The lowest BCUT2D eigenvalue weighted by atomic mass is 10.1. The van der Waals surface area contributed by atoms with E-state index >= 15 is 0 Å². The van der Waals surface area contributed by atoms with Gasteiger partial charge in [-0.1, -0.05) is 0 Å². The second kappa shape index (κ2) is 5.07. The first kappa shape index (κ1) is 14.0. The van der Waals surface area contributed by atoms with E-state index in [1.165, 1.54) is 6.92 Å². The zero-order valence-electron chi connectivity index (χ0n) is 9.25. The molecule has 0 aliphatic heterocycles. The monoisotopic (exact) mass is 262 g/mol.